The number of benzene rings is 2. The van der Waals surface area contributed by atoms with Gasteiger partial charge >= 0.3 is 0 Å². The molecule has 2 aromatic rings. The Hall–Kier alpha value is -2.03. The molecule has 0 aromatic heterocycles. The van der Waals surface area contributed by atoms with Crippen LogP contribution in [0.4, 0.5) is 4.39 Å². The molecule has 0 saturated carbocycles. The van der Waals surface area contributed by atoms with Crippen LogP contribution in [-0.2, 0) is 13.0 Å². The van der Waals surface area contributed by atoms with E-state index in [1.807, 2.05) is 24.3 Å². The maximum Gasteiger partial charge on any atom is 0.231 e. The van der Waals surface area contributed by atoms with E-state index in [1.165, 1.54) is 12.1 Å². The quantitative estimate of drug-likeness (QED) is 0.412. The first-order chi connectivity index (χ1) is 11.7. The first kappa shape index (κ1) is 19.3. The van der Waals surface area contributed by atoms with E-state index in [4.69, 9.17) is 9.47 Å². The molecule has 0 spiro atoms. The molecule has 25 heavy (non-hydrogen) atoms. The molecule has 134 valence electrons. The van der Waals surface area contributed by atoms with Gasteiger partial charge in [0, 0.05) is 20.1 Å². The standard InChI is InChI=1S/C18H20FN3O2.HI/c1-20-18(22-11-14-3-2-4-15(19)9-14)21-8-7-13-5-6-16-17(10-13)24-12-23-16;/h2-6,9-10H,7-8,11-12H2,1H3,(H2,20,21,22);1H. The maximum absolute atomic E-state index is 13.2. The van der Waals surface area contributed by atoms with E-state index in [0.29, 0.717) is 12.5 Å². The second-order valence-corrected chi connectivity index (χ2v) is 5.42. The lowest BCUT2D eigenvalue weighted by molar-refractivity contribution is 0.174. The fourth-order valence-electron chi connectivity index (χ4n) is 2.48. The Morgan fingerprint density at radius 1 is 1.08 bits per heavy atom. The normalized spacial score (nSPS) is 12.5. The summed E-state index contributed by atoms with van der Waals surface area (Å²) in [6, 6.07) is 12.5. The minimum absolute atomic E-state index is 0. The van der Waals surface area contributed by atoms with Gasteiger partial charge in [-0.25, -0.2) is 4.39 Å². The highest BCUT2D eigenvalue weighted by Gasteiger charge is 2.12. The van der Waals surface area contributed by atoms with Crippen LogP contribution in [0.5, 0.6) is 11.5 Å². The molecule has 1 aliphatic heterocycles. The van der Waals surface area contributed by atoms with Crippen molar-refractivity contribution in [2.75, 3.05) is 20.4 Å². The number of ether oxygens (including phenoxy) is 2. The molecular formula is C18H21FIN3O2. The molecule has 0 amide bonds. The molecule has 1 aliphatic rings. The lowest BCUT2D eigenvalue weighted by Crippen LogP contribution is -2.37. The topological polar surface area (TPSA) is 54.9 Å². The molecule has 0 atom stereocenters. The van der Waals surface area contributed by atoms with Crippen molar-refractivity contribution < 1.29 is 13.9 Å². The average Bonchev–Trinajstić information content (AvgIpc) is 3.05. The van der Waals surface area contributed by atoms with Gasteiger partial charge in [-0.1, -0.05) is 18.2 Å². The van der Waals surface area contributed by atoms with E-state index < -0.39 is 0 Å². The van der Waals surface area contributed by atoms with Gasteiger partial charge in [0.2, 0.25) is 6.79 Å². The van der Waals surface area contributed by atoms with Crippen LogP contribution < -0.4 is 20.1 Å². The first-order valence-electron chi connectivity index (χ1n) is 7.82. The number of aliphatic imine (C=N–C) groups is 1. The van der Waals surface area contributed by atoms with E-state index in [1.54, 1.807) is 13.1 Å². The monoisotopic (exact) mass is 457 g/mol. The van der Waals surface area contributed by atoms with Crippen molar-refractivity contribution in [3.63, 3.8) is 0 Å². The minimum atomic E-state index is -0.236. The Bertz CT molecular complexity index is 740. The van der Waals surface area contributed by atoms with E-state index in [-0.39, 0.29) is 36.6 Å². The zero-order chi connectivity index (χ0) is 16.8. The Balaban J connectivity index is 0.00000225. The van der Waals surface area contributed by atoms with E-state index in [0.717, 1.165) is 35.6 Å². The third kappa shape index (κ3) is 5.48. The van der Waals surface area contributed by atoms with Crippen molar-refractivity contribution in [2.45, 2.75) is 13.0 Å². The smallest absolute Gasteiger partial charge is 0.231 e. The highest BCUT2D eigenvalue weighted by molar-refractivity contribution is 14.0. The van der Waals surface area contributed by atoms with Crippen LogP contribution in [0, 0.1) is 5.82 Å². The Labute approximate surface area is 163 Å². The molecule has 2 N–H and O–H groups in total. The van der Waals surface area contributed by atoms with Crippen LogP contribution >= 0.6 is 24.0 Å². The molecule has 3 rings (SSSR count). The number of nitrogens with zero attached hydrogens (tertiary/aromatic N) is 1. The fourth-order valence-corrected chi connectivity index (χ4v) is 2.48. The van der Waals surface area contributed by atoms with Gasteiger partial charge in [-0.3, -0.25) is 4.99 Å². The van der Waals surface area contributed by atoms with Crippen molar-refractivity contribution in [3.8, 4) is 11.5 Å². The summed E-state index contributed by atoms with van der Waals surface area (Å²) in [5, 5.41) is 6.41. The summed E-state index contributed by atoms with van der Waals surface area (Å²) >= 11 is 0. The molecule has 0 saturated heterocycles. The lowest BCUT2D eigenvalue weighted by Gasteiger charge is -2.12. The van der Waals surface area contributed by atoms with Gasteiger partial charge in [0.1, 0.15) is 5.82 Å². The average molecular weight is 457 g/mol. The van der Waals surface area contributed by atoms with E-state index in [2.05, 4.69) is 15.6 Å². The van der Waals surface area contributed by atoms with Gasteiger partial charge in [-0.05, 0) is 41.8 Å². The number of guanidine groups is 1. The second kappa shape index (κ2) is 9.45. The molecule has 2 aromatic carbocycles. The first-order valence-corrected chi connectivity index (χ1v) is 7.82. The molecule has 7 heteroatoms. The van der Waals surface area contributed by atoms with Crippen LogP contribution in [0.2, 0.25) is 0 Å². The van der Waals surface area contributed by atoms with Crippen molar-refractivity contribution in [1.29, 1.82) is 0 Å². The molecule has 0 radical (unpaired) electrons. The number of halogens is 2. The van der Waals surface area contributed by atoms with Crippen LogP contribution in [0.25, 0.3) is 0 Å². The summed E-state index contributed by atoms with van der Waals surface area (Å²) in [6.07, 6.45) is 0.831. The number of fused-ring (bicyclic) bond motifs is 1. The second-order valence-electron chi connectivity index (χ2n) is 5.42. The van der Waals surface area contributed by atoms with Gasteiger partial charge in [-0.15, -0.1) is 24.0 Å². The van der Waals surface area contributed by atoms with Gasteiger partial charge < -0.3 is 20.1 Å². The summed E-state index contributed by atoms with van der Waals surface area (Å²) in [6.45, 7) is 1.53. The van der Waals surface area contributed by atoms with Gasteiger partial charge in [0.05, 0.1) is 0 Å². The summed E-state index contributed by atoms with van der Waals surface area (Å²) < 4.78 is 23.8. The lowest BCUT2D eigenvalue weighted by atomic mass is 10.1. The van der Waals surface area contributed by atoms with Crippen molar-refractivity contribution in [3.05, 3.63) is 59.4 Å². The Kier molecular flexibility index (Phi) is 7.30. The number of hydrogen-bond donors (Lipinski definition) is 2. The van der Waals surface area contributed by atoms with Crippen LogP contribution in [0.15, 0.2) is 47.5 Å². The number of nitrogens with one attached hydrogen (secondary N) is 2. The number of rotatable bonds is 5. The summed E-state index contributed by atoms with van der Waals surface area (Å²) in [4.78, 5) is 4.17. The SMILES string of the molecule is CN=C(NCCc1ccc2c(c1)OCO2)NCc1cccc(F)c1.I. The third-order valence-electron chi connectivity index (χ3n) is 3.72. The predicted molar refractivity (Wildman–Crippen MR) is 106 cm³/mol. The van der Waals surface area contributed by atoms with Crippen molar-refractivity contribution in [2.24, 2.45) is 4.99 Å². The summed E-state index contributed by atoms with van der Waals surface area (Å²) in [5.41, 5.74) is 2.03. The summed E-state index contributed by atoms with van der Waals surface area (Å²) in [7, 11) is 1.71. The molecular weight excluding hydrogens is 436 g/mol. The largest absolute Gasteiger partial charge is 0.454 e. The zero-order valence-corrected chi connectivity index (χ0v) is 16.3. The van der Waals surface area contributed by atoms with Gasteiger partial charge in [0.25, 0.3) is 0 Å². The maximum atomic E-state index is 13.2. The van der Waals surface area contributed by atoms with Gasteiger partial charge in [0.15, 0.2) is 17.5 Å². The van der Waals surface area contributed by atoms with Crippen molar-refractivity contribution >= 4 is 29.9 Å². The van der Waals surface area contributed by atoms with Crippen LogP contribution in [-0.4, -0.2) is 26.3 Å². The van der Waals surface area contributed by atoms with Crippen LogP contribution in [0.1, 0.15) is 11.1 Å². The molecule has 0 fully saturated rings. The molecule has 5 nitrogen and oxygen atoms in total. The highest BCUT2D eigenvalue weighted by Crippen LogP contribution is 2.32. The van der Waals surface area contributed by atoms with E-state index >= 15 is 0 Å². The molecule has 0 bridgehead atoms. The fraction of sp³-hybridized carbons (Fsp3) is 0.278. The minimum Gasteiger partial charge on any atom is -0.454 e. The number of hydrogen-bond acceptors (Lipinski definition) is 3. The van der Waals surface area contributed by atoms with Crippen LogP contribution in [0.3, 0.4) is 0 Å². The third-order valence-corrected chi connectivity index (χ3v) is 3.72. The van der Waals surface area contributed by atoms with Crippen molar-refractivity contribution in [1.82, 2.24) is 10.6 Å². The molecule has 0 aliphatic carbocycles. The Morgan fingerprint density at radius 2 is 1.92 bits per heavy atom. The summed E-state index contributed by atoms with van der Waals surface area (Å²) in [5.74, 6) is 2.03. The Morgan fingerprint density at radius 3 is 2.72 bits per heavy atom. The van der Waals surface area contributed by atoms with E-state index in [9.17, 15) is 4.39 Å². The highest BCUT2D eigenvalue weighted by atomic mass is 127. The molecule has 1 heterocycles. The predicted octanol–water partition coefficient (Wildman–Crippen LogP) is 3.08. The van der Waals surface area contributed by atoms with Gasteiger partial charge in [-0.2, -0.15) is 0 Å². The zero-order valence-electron chi connectivity index (χ0n) is 13.9. The molecule has 0 unspecified atom stereocenters.